The van der Waals surface area contributed by atoms with Crippen LogP contribution in [0.4, 0.5) is 4.79 Å². The molecule has 1 amide bonds. The molecule has 0 aromatic heterocycles. The molecule has 1 aromatic carbocycles. The van der Waals surface area contributed by atoms with Crippen LogP contribution in [0.15, 0.2) is 30.3 Å². The van der Waals surface area contributed by atoms with E-state index in [-0.39, 0.29) is 12.6 Å². The van der Waals surface area contributed by atoms with E-state index in [0.717, 1.165) is 5.56 Å². The van der Waals surface area contributed by atoms with Gasteiger partial charge in [0.2, 0.25) is 0 Å². The SMILES string of the molecule is COC(=O)[C@@H]1C[C@H](N)CN1C(=O)OCc1ccccc1. The summed E-state index contributed by atoms with van der Waals surface area (Å²) in [6.45, 7) is 0.465. The second kappa shape index (κ2) is 6.38. The van der Waals surface area contributed by atoms with Crippen molar-refractivity contribution in [3.05, 3.63) is 35.9 Å². The number of nitrogens with two attached hydrogens (primary N) is 1. The van der Waals surface area contributed by atoms with Gasteiger partial charge >= 0.3 is 12.1 Å². The highest BCUT2D eigenvalue weighted by molar-refractivity contribution is 5.82. The minimum Gasteiger partial charge on any atom is -0.467 e. The number of esters is 1. The Balaban J connectivity index is 1.95. The number of nitrogens with zero attached hydrogens (tertiary/aromatic N) is 1. The summed E-state index contributed by atoms with van der Waals surface area (Å²) in [5.74, 6) is -0.463. The van der Waals surface area contributed by atoms with E-state index in [4.69, 9.17) is 10.5 Å². The van der Waals surface area contributed by atoms with Gasteiger partial charge in [-0.15, -0.1) is 0 Å². The fourth-order valence-electron chi connectivity index (χ4n) is 2.23. The number of carbonyl (C=O) groups is 2. The van der Waals surface area contributed by atoms with E-state index in [9.17, 15) is 9.59 Å². The monoisotopic (exact) mass is 278 g/mol. The van der Waals surface area contributed by atoms with Gasteiger partial charge in [0.05, 0.1) is 7.11 Å². The van der Waals surface area contributed by atoms with E-state index < -0.39 is 18.1 Å². The molecule has 0 aliphatic carbocycles. The standard InChI is InChI=1S/C14H18N2O4/c1-19-13(17)12-7-11(15)8-16(12)14(18)20-9-10-5-3-2-4-6-10/h2-6,11-12H,7-9,15H2,1H3/t11-,12-/m0/s1. The van der Waals surface area contributed by atoms with Gasteiger partial charge in [-0.05, 0) is 12.0 Å². The van der Waals surface area contributed by atoms with Gasteiger partial charge in [0.25, 0.3) is 0 Å². The molecular formula is C14H18N2O4. The summed E-state index contributed by atoms with van der Waals surface area (Å²) in [5.41, 5.74) is 6.68. The summed E-state index contributed by atoms with van der Waals surface area (Å²) in [7, 11) is 1.29. The highest BCUT2D eigenvalue weighted by Crippen LogP contribution is 2.19. The molecule has 2 rings (SSSR count). The van der Waals surface area contributed by atoms with E-state index in [1.54, 1.807) is 0 Å². The lowest BCUT2D eigenvalue weighted by Gasteiger charge is -2.21. The van der Waals surface area contributed by atoms with Crippen LogP contribution in [0.25, 0.3) is 0 Å². The lowest BCUT2D eigenvalue weighted by molar-refractivity contribution is -0.145. The number of methoxy groups -OCH3 is 1. The number of hydrogen-bond donors (Lipinski definition) is 1. The Labute approximate surface area is 117 Å². The molecule has 2 atom stereocenters. The van der Waals surface area contributed by atoms with Crippen molar-refractivity contribution in [2.24, 2.45) is 5.73 Å². The summed E-state index contributed by atoms with van der Waals surface area (Å²) in [4.78, 5) is 25.0. The van der Waals surface area contributed by atoms with Gasteiger partial charge < -0.3 is 15.2 Å². The van der Waals surface area contributed by atoms with Gasteiger partial charge in [-0.2, -0.15) is 0 Å². The molecule has 0 spiro atoms. The van der Waals surface area contributed by atoms with Crippen molar-refractivity contribution in [3.63, 3.8) is 0 Å². The van der Waals surface area contributed by atoms with E-state index in [1.807, 2.05) is 30.3 Å². The predicted molar refractivity (Wildman–Crippen MR) is 71.7 cm³/mol. The highest BCUT2D eigenvalue weighted by atomic mass is 16.6. The maximum absolute atomic E-state index is 12.0. The minimum atomic E-state index is -0.654. The Morgan fingerprint density at radius 1 is 1.35 bits per heavy atom. The zero-order chi connectivity index (χ0) is 14.5. The van der Waals surface area contributed by atoms with Crippen molar-refractivity contribution < 1.29 is 19.1 Å². The van der Waals surface area contributed by atoms with Crippen molar-refractivity contribution in [1.82, 2.24) is 4.90 Å². The lowest BCUT2D eigenvalue weighted by atomic mass is 10.2. The summed E-state index contributed by atoms with van der Waals surface area (Å²) in [6.07, 6.45) is -0.148. The predicted octanol–water partition coefficient (Wildman–Crippen LogP) is 0.898. The van der Waals surface area contributed by atoms with Crippen LogP contribution in [0.3, 0.4) is 0 Å². The Morgan fingerprint density at radius 3 is 2.70 bits per heavy atom. The second-order valence-corrected chi connectivity index (χ2v) is 4.73. The maximum atomic E-state index is 12.0. The van der Waals surface area contributed by atoms with Crippen molar-refractivity contribution in [1.29, 1.82) is 0 Å². The van der Waals surface area contributed by atoms with Crippen LogP contribution >= 0.6 is 0 Å². The Morgan fingerprint density at radius 2 is 2.05 bits per heavy atom. The van der Waals surface area contributed by atoms with Gasteiger partial charge in [0.1, 0.15) is 12.6 Å². The van der Waals surface area contributed by atoms with Gasteiger partial charge in [0.15, 0.2) is 0 Å². The largest absolute Gasteiger partial charge is 0.467 e. The fourth-order valence-corrected chi connectivity index (χ4v) is 2.23. The number of ether oxygens (including phenoxy) is 2. The average Bonchev–Trinajstić information content (AvgIpc) is 2.87. The molecule has 0 unspecified atom stereocenters. The Hall–Kier alpha value is -2.08. The van der Waals surface area contributed by atoms with Gasteiger partial charge in [0, 0.05) is 12.6 Å². The third kappa shape index (κ3) is 3.27. The molecule has 6 heteroatoms. The molecule has 0 radical (unpaired) electrons. The smallest absolute Gasteiger partial charge is 0.410 e. The molecule has 1 aromatic rings. The van der Waals surface area contributed by atoms with Crippen LogP contribution in [-0.4, -0.2) is 42.7 Å². The zero-order valence-electron chi connectivity index (χ0n) is 11.3. The van der Waals surface area contributed by atoms with Crippen molar-refractivity contribution in [2.75, 3.05) is 13.7 Å². The van der Waals surface area contributed by atoms with Gasteiger partial charge in [-0.25, -0.2) is 9.59 Å². The molecule has 1 aliphatic heterocycles. The van der Waals surface area contributed by atoms with Crippen LogP contribution in [0.2, 0.25) is 0 Å². The number of amides is 1. The Kier molecular flexibility index (Phi) is 4.57. The molecule has 108 valence electrons. The molecule has 2 N–H and O–H groups in total. The summed E-state index contributed by atoms with van der Waals surface area (Å²) < 4.78 is 9.89. The first-order valence-electron chi connectivity index (χ1n) is 6.42. The van der Waals surface area contributed by atoms with E-state index in [2.05, 4.69) is 4.74 Å². The zero-order valence-corrected chi connectivity index (χ0v) is 11.3. The van der Waals surface area contributed by atoms with E-state index in [0.29, 0.717) is 13.0 Å². The molecule has 0 bridgehead atoms. The number of rotatable bonds is 3. The van der Waals surface area contributed by atoms with Crippen LogP contribution in [0.5, 0.6) is 0 Å². The molecule has 1 aliphatic rings. The summed E-state index contributed by atoms with van der Waals surface area (Å²) in [6, 6.07) is 8.46. The van der Waals surface area contributed by atoms with E-state index in [1.165, 1.54) is 12.0 Å². The molecule has 6 nitrogen and oxygen atoms in total. The quantitative estimate of drug-likeness (QED) is 0.831. The molecule has 1 fully saturated rings. The normalized spacial score (nSPS) is 21.6. The second-order valence-electron chi connectivity index (χ2n) is 4.73. The number of carbonyl (C=O) groups excluding carboxylic acids is 2. The first-order valence-corrected chi connectivity index (χ1v) is 6.42. The first kappa shape index (κ1) is 14.3. The minimum absolute atomic E-state index is 0.166. The molecular weight excluding hydrogens is 260 g/mol. The number of likely N-dealkylation sites (tertiary alicyclic amines) is 1. The van der Waals surface area contributed by atoms with Crippen LogP contribution in [0, 0.1) is 0 Å². The number of benzene rings is 1. The van der Waals surface area contributed by atoms with Crippen molar-refractivity contribution in [3.8, 4) is 0 Å². The molecule has 20 heavy (non-hydrogen) atoms. The number of hydrogen-bond acceptors (Lipinski definition) is 5. The fraction of sp³-hybridized carbons (Fsp3) is 0.429. The highest BCUT2D eigenvalue weighted by Gasteiger charge is 2.39. The van der Waals surface area contributed by atoms with E-state index >= 15 is 0 Å². The van der Waals surface area contributed by atoms with Crippen LogP contribution < -0.4 is 5.73 Å². The first-order chi connectivity index (χ1) is 9.61. The third-order valence-corrected chi connectivity index (χ3v) is 3.25. The third-order valence-electron chi connectivity index (χ3n) is 3.25. The summed E-state index contributed by atoms with van der Waals surface area (Å²) in [5, 5.41) is 0. The van der Waals surface area contributed by atoms with Gasteiger partial charge in [-0.1, -0.05) is 30.3 Å². The molecule has 0 saturated carbocycles. The lowest BCUT2D eigenvalue weighted by Crippen LogP contribution is -2.41. The molecule has 1 heterocycles. The van der Waals surface area contributed by atoms with Gasteiger partial charge in [-0.3, -0.25) is 4.90 Å². The van der Waals surface area contributed by atoms with Crippen molar-refractivity contribution in [2.45, 2.75) is 25.1 Å². The summed E-state index contributed by atoms with van der Waals surface area (Å²) >= 11 is 0. The topological polar surface area (TPSA) is 81.9 Å². The van der Waals surface area contributed by atoms with Crippen LogP contribution in [-0.2, 0) is 20.9 Å². The van der Waals surface area contributed by atoms with Crippen molar-refractivity contribution >= 4 is 12.1 Å². The Bertz CT molecular complexity index is 477. The maximum Gasteiger partial charge on any atom is 0.410 e. The molecule has 1 saturated heterocycles. The van der Waals surface area contributed by atoms with Crippen LogP contribution in [0.1, 0.15) is 12.0 Å². The average molecular weight is 278 g/mol.